The summed E-state index contributed by atoms with van der Waals surface area (Å²) in [7, 11) is -4.19. The summed E-state index contributed by atoms with van der Waals surface area (Å²) in [5.41, 5.74) is 6.25. The van der Waals surface area contributed by atoms with Gasteiger partial charge >= 0.3 is 13.7 Å². The van der Waals surface area contributed by atoms with Gasteiger partial charge in [0.2, 0.25) is 0 Å². The minimum Gasteiger partial charge on any atom is -0.464 e. The van der Waals surface area contributed by atoms with Crippen LogP contribution >= 0.6 is 7.75 Å². The molecule has 3 aromatic rings. The molecule has 5 N–H and O–H groups in total. The zero-order valence-electron chi connectivity index (χ0n) is 24.2. The van der Waals surface area contributed by atoms with Crippen LogP contribution in [0, 0.1) is 17.3 Å². The lowest BCUT2D eigenvalue weighted by Gasteiger charge is -2.32. The molecule has 43 heavy (non-hydrogen) atoms. The molecule has 1 aromatic carbocycles. The van der Waals surface area contributed by atoms with Gasteiger partial charge in [-0.3, -0.25) is 9.32 Å². The molecule has 13 heteroatoms. The van der Waals surface area contributed by atoms with Crippen molar-refractivity contribution < 1.29 is 33.4 Å². The van der Waals surface area contributed by atoms with Gasteiger partial charge in [0.05, 0.1) is 25.4 Å². The number of carbonyl (C=O) groups is 1. The van der Waals surface area contributed by atoms with Crippen LogP contribution in [0.5, 0.6) is 5.75 Å². The van der Waals surface area contributed by atoms with Crippen LogP contribution in [0.15, 0.2) is 48.8 Å². The number of aliphatic hydroxyl groups excluding tert-OH is 2. The third kappa shape index (κ3) is 6.44. The van der Waals surface area contributed by atoms with Gasteiger partial charge in [0, 0.05) is 17.0 Å². The smallest absolute Gasteiger partial charge is 0.459 e. The Kier molecular flexibility index (Phi) is 8.50. The Hall–Kier alpha value is -3.02. The summed E-state index contributed by atoms with van der Waals surface area (Å²) in [5, 5.41) is 29.7. The Morgan fingerprint density at radius 3 is 2.63 bits per heavy atom. The minimum absolute atomic E-state index is 0.0704. The summed E-state index contributed by atoms with van der Waals surface area (Å²) in [6.45, 7) is 1.90. The monoisotopic (exact) mass is 613 g/mol. The third-order valence-corrected chi connectivity index (χ3v) is 10.7. The number of para-hydroxylation sites is 1. The Morgan fingerprint density at radius 1 is 1.16 bits per heavy atom. The van der Waals surface area contributed by atoms with Crippen molar-refractivity contribution >= 4 is 25.1 Å². The van der Waals surface area contributed by atoms with E-state index in [4.69, 9.17) is 19.5 Å². The van der Waals surface area contributed by atoms with Gasteiger partial charge in [-0.05, 0) is 68.2 Å². The van der Waals surface area contributed by atoms with Crippen molar-refractivity contribution in [1.82, 2.24) is 19.7 Å². The molecule has 232 valence electrons. The second-order valence-electron chi connectivity index (χ2n) is 12.5. The largest absolute Gasteiger partial charge is 0.464 e. The van der Waals surface area contributed by atoms with Crippen LogP contribution in [0.25, 0.3) is 5.52 Å². The van der Waals surface area contributed by atoms with Crippen LogP contribution in [0.4, 0.5) is 5.82 Å². The highest BCUT2D eigenvalue weighted by Gasteiger charge is 2.52. The molecule has 3 aliphatic carbocycles. The van der Waals surface area contributed by atoms with Gasteiger partial charge in [0.1, 0.15) is 23.6 Å². The van der Waals surface area contributed by atoms with Crippen molar-refractivity contribution in [1.29, 1.82) is 0 Å². The summed E-state index contributed by atoms with van der Waals surface area (Å²) < 4.78 is 33.8. The van der Waals surface area contributed by atoms with Crippen molar-refractivity contribution in [2.45, 2.75) is 76.0 Å². The van der Waals surface area contributed by atoms with Crippen LogP contribution in [-0.4, -0.2) is 62.2 Å². The molecule has 3 fully saturated rings. The van der Waals surface area contributed by atoms with Crippen LogP contribution in [0.2, 0.25) is 0 Å². The van der Waals surface area contributed by atoms with Gasteiger partial charge in [-0.1, -0.05) is 38.0 Å². The number of nitrogens with zero attached hydrogens (tertiary/aromatic N) is 3. The number of ether oxygens (including phenoxy) is 1. The van der Waals surface area contributed by atoms with Crippen molar-refractivity contribution in [3.8, 4) is 5.75 Å². The fraction of sp³-hybridized carbons (Fsp3) is 0.567. The number of aromatic nitrogens is 3. The standard InChI is InChI=1S/C30H40N5O7P/c1-30(15-22(26(36)27(30)37)23-13-14-24-28(31)32-18-33-35(23)24)17-41-43(39,42-21-9-3-2-4-10-21)34-25(20-7-5-6-8-20)29(38)40-16-19-11-12-19/h2-4,9-10,13-14,18-20,22,25-27,36-37H,5-8,11-12,15-17H2,1H3,(H,34,39)(H2,31,32,33)/t22-,25-,26-,27-,30+,43?/m0/s1. The maximum atomic E-state index is 14.5. The first-order valence-corrected chi connectivity index (χ1v) is 16.6. The number of carbonyl (C=O) groups excluding carboxylic acids is 1. The molecule has 6 rings (SSSR count). The quantitative estimate of drug-likeness (QED) is 0.173. The lowest BCUT2D eigenvalue weighted by atomic mass is 9.86. The molecule has 2 aromatic heterocycles. The Bertz CT molecular complexity index is 1480. The highest BCUT2D eigenvalue weighted by Crippen LogP contribution is 2.52. The second kappa shape index (κ2) is 12.2. The molecule has 0 bridgehead atoms. The maximum Gasteiger partial charge on any atom is 0.459 e. The maximum absolute atomic E-state index is 14.5. The molecule has 0 radical (unpaired) electrons. The Labute approximate surface area is 250 Å². The first-order valence-electron chi connectivity index (χ1n) is 15.0. The lowest BCUT2D eigenvalue weighted by Crippen LogP contribution is -2.44. The molecule has 3 aliphatic rings. The topological polar surface area (TPSA) is 171 Å². The number of esters is 1. The van der Waals surface area contributed by atoms with Gasteiger partial charge in [-0.15, -0.1) is 0 Å². The van der Waals surface area contributed by atoms with E-state index in [-0.39, 0.29) is 12.5 Å². The van der Waals surface area contributed by atoms with Crippen LogP contribution < -0.4 is 15.3 Å². The first kappa shape index (κ1) is 30.0. The summed E-state index contributed by atoms with van der Waals surface area (Å²) in [6.07, 6.45) is 4.90. The van der Waals surface area contributed by atoms with Crippen LogP contribution in [-0.2, 0) is 18.6 Å². The fourth-order valence-corrected chi connectivity index (χ4v) is 8.08. The molecule has 12 nitrogen and oxygen atoms in total. The van der Waals surface area contributed by atoms with E-state index < -0.39 is 43.3 Å². The minimum atomic E-state index is -4.19. The molecule has 6 atom stereocenters. The van der Waals surface area contributed by atoms with Gasteiger partial charge in [0.15, 0.2) is 5.82 Å². The highest BCUT2D eigenvalue weighted by atomic mass is 31.2. The molecular weight excluding hydrogens is 573 g/mol. The molecule has 0 aliphatic heterocycles. The number of aliphatic hydroxyl groups is 2. The third-order valence-electron chi connectivity index (χ3n) is 9.14. The van der Waals surface area contributed by atoms with Gasteiger partial charge in [-0.25, -0.2) is 14.1 Å². The average molecular weight is 614 g/mol. The van der Waals surface area contributed by atoms with E-state index in [1.165, 1.54) is 6.33 Å². The summed E-state index contributed by atoms with van der Waals surface area (Å²) in [6, 6.07) is 11.3. The molecular formula is C30H40N5O7P. The van der Waals surface area contributed by atoms with Crippen molar-refractivity contribution in [2.24, 2.45) is 17.3 Å². The number of rotatable bonds is 12. The molecule has 0 amide bonds. The number of fused-ring (bicyclic) bond motifs is 1. The van der Waals surface area contributed by atoms with Gasteiger partial charge in [0.25, 0.3) is 0 Å². The first-order chi connectivity index (χ1) is 20.7. The summed E-state index contributed by atoms with van der Waals surface area (Å²) in [5.74, 6) is -0.0334. The van der Waals surface area contributed by atoms with Crippen molar-refractivity contribution in [3.63, 3.8) is 0 Å². The molecule has 0 saturated heterocycles. The summed E-state index contributed by atoms with van der Waals surface area (Å²) >= 11 is 0. The van der Waals surface area contributed by atoms with Crippen molar-refractivity contribution in [3.05, 3.63) is 54.5 Å². The van der Waals surface area contributed by atoms with Crippen LogP contribution in [0.3, 0.4) is 0 Å². The van der Waals surface area contributed by atoms with E-state index in [0.29, 0.717) is 41.7 Å². The van der Waals surface area contributed by atoms with E-state index in [2.05, 4.69) is 15.2 Å². The zero-order chi connectivity index (χ0) is 30.2. The van der Waals surface area contributed by atoms with E-state index in [1.807, 2.05) is 6.07 Å². The molecule has 0 spiro atoms. The second-order valence-corrected chi connectivity index (χ2v) is 14.2. The highest BCUT2D eigenvalue weighted by molar-refractivity contribution is 7.52. The Morgan fingerprint density at radius 2 is 1.91 bits per heavy atom. The van der Waals surface area contributed by atoms with Crippen LogP contribution in [0.1, 0.15) is 63.5 Å². The number of nitrogens with two attached hydrogens (primary N) is 1. The zero-order valence-corrected chi connectivity index (χ0v) is 25.1. The SMILES string of the molecule is C[C@]1(COP(=O)(N[C@H](C(=O)OCC2CC2)C2CCCC2)Oc2ccccc2)C[C@@H](c2ccc3c(N)ncnn23)[C@H](O)[C@@H]1O. The average Bonchev–Trinajstić information content (AvgIpc) is 3.38. The molecule has 1 unspecified atom stereocenters. The number of hydrogen-bond acceptors (Lipinski definition) is 10. The number of benzene rings is 1. The van der Waals surface area contributed by atoms with Crippen molar-refractivity contribution in [2.75, 3.05) is 18.9 Å². The number of nitrogens with one attached hydrogen (secondary N) is 1. The fourth-order valence-electron chi connectivity index (χ4n) is 6.38. The van der Waals surface area contributed by atoms with Gasteiger partial charge < -0.3 is 25.2 Å². The van der Waals surface area contributed by atoms with E-state index in [0.717, 1.165) is 38.5 Å². The van der Waals surface area contributed by atoms with Gasteiger partial charge in [-0.2, -0.15) is 10.2 Å². The predicted molar refractivity (Wildman–Crippen MR) is 158 cm³/mol. The number of nitrogen functional groups attached to an aromatic ring is 1. The van der Waals surface area contributed by atoms with E-state index in [9.17, 15) is 19.6 Å². The van der Waals surface area contributed by atoms with E-state index in [1.54, 1.807) is 47.8 Å². The lowest BCUT2D eigenvalue weighted by molar-refractivity contribution is -0.147. The predicted octanol–water partition coefficient (Wildman–Crippen LogP) is 3.83. The Balaban J connectivity index is 1.23. The summed E-state index contributed by atoms with van der Waals surface area (Å²) in [4.78, 5) is 17.3. The van der Waals surface area contributed by atoms with E-state index >= 15 is 0 Å². The molecule has 2 heterocycles. The molecule has 3 saturated carbocycles. The normalized spacial score (nSPS) is 28.1. The number of anilines is 1. The number of hydrogen-bond donors (Lipinski definition) is 4.